The molecule has 1 aliphatic heterocycles. The summed E-state index contributed by atoms with van der Waals surface area (Å²) in [5, 5.41) is 9.79. The molecule has 2 aromatic rings. The largest absolute Gasteiger partial charge is 0.508 e. The number of phenolic OH excluding ortho intramolecular Hbond substituents is 1. The molecule has 0 saturated carbocycles. The van der Waals surface area contributed by atoms with Crippen LogP contribution in [-0.2, 0) is 4.79 Å². The molecule has 1 N–H and O–H groups in total. The third-order valence-electron chi connectivity index (χ3n) is 5.03. The molecule has 5 nitrogen and oxygen atoms in total. The lowest BCUT2D eigenvalue weighted by molar-refractivity contribution is -0.113. The van der Waals surface area contributed by atoms with Crippen molar-refractivity contribution in [2.45, 2.75) is 25.3 Å². The first-order valence-corrected chi connectivity index (χ1v) is 9.11. The van der Waals surface area contributed by atoms with Crippen molar-refractivity contribution in [2.75, 3.05) is 18.5 Å². The van der Waals surface area contributed by atoms with Gasteiger partial charge in [0.2, 0.25) is 5.91 Å². The van der Waals surface area contributed by atoms with E-state index in [1.165, 1.54) is 11.0 Å². The van der Waals surface area contributed by atoms with Crippen LogP contribution in [0.2, 0.25) is 0 Å². The number of likely N-dealkylation sites (N-methyl/N-ethyl adjacent to an activating group) is 1. The van der Waals surface area contributed by atoms with E-state index in [0.717, 1.165) is 24.8 Å². The Labute approximate surface area is 159 Å². The van der Waals surface area contributed by atoms with Gasteiger partial charge in [-0.1, -0.05) is 18.7 Å². The van der Waals surface area contributed by atoms with Gasteiger partial charge < -0.3 is 14.9 Å². The number of anilines is 1. The molecule has 1 unspecified atom stereocenters. The van der Waals surface area contributed by atoms with Crippen LogP contribution in [0.5, 0.6) is 5.75 Å². The lowest BCUT2D eigenvalue weighted by atomic mass is 9.94. The van der Waals surface area contributed by atoms with Crippen LogP contribution >= 0.6 is 0 Å². The predicted octanol–water partition coefficient (Wildman–Crippen LogP) is 3.91. The Morgan fingerprint density at radius 1 is 1.19 bits per heavy atom. The van der Waals surface area contributed by atoms with Crippen molar-refractivity contribution < 1.29 is 14.7 Å². The molecule has 1 heterocycles. The van der Waals surface area contributed by atoms with Crippen molar-refractivity contribution in [3.05, 3.63) is 72.3 Å². The molecule has 0 radical (unpaired) electrons. The smallest absolute Gasteiger partial charge is 0.254 e. The highest BCUT2D eigenvalue weighted by Gasteiger charge is 2.29. The summed E-state index contributed by atoms with van der Waals surface area (Å²) < 4.78 is 0. The summed E-state index contributed by atoms with van der Waals surface area (Å²) in [5.74, 6) is -0.0221. The molecule has 0 aromatic heterocycles. The molecule has 5 heteroatoms. The number of benzene rings is 2. The summed E-state index contributed by atoms with van der Waals surface area (Å²) in [5.41, 5.74) is 2.25. The van der Waals surface area contributed by atoms with Crippen LogP contribution < -0.4 is 4.90 Å². The van der Waals surface area contributed by atoms with Gasteiger partial charge in [0.15, 0.2) is 0 Å². The number of hydrogen-bond donors (Lipinski definition) is 1. The zero-order valence-corrected chi connectivity index (χ0v) is 15.5. The van der Waals surface area contributed by atoms with Crippen molar-refractivity contribution >= 4 is 17.5 Å². The number of likely N-dealkylation sites (tertiary alicyclic amines) is 1. The minimum Gasteiger partial charge on any atom is -0.508 e. The topological polar surface area (TPSA) is 60.9 Å². The van der Waals surface area contributed by atoms with Crippen LogP contribution in [0.4, 0.5) is 5.69 Å². The maximum Gasteiger partial charge on any atom is 0.254 e. The van der Waals surface area contributed by atoms with E-state index in [-0.39, 0.29) is 23.6 Å². The monoisotopic (exact) mass is 364 g/mol. The number of nitrogens with zero attached hydrogens (tertiary/aromatic N) is 2. The van der Waals surface area contributed by atoms with E-state index in [4.69, 9.17) is 0 Å². The Bertz CT molecular complexity index is 845. The van der Waals surface area contributed by atoms with E-state index < -0.39 is 0 Å². The highest BCUT2D eigenvalue weighted by molar-refractivity contribution is 6.01. The average Bonchev–Trinajstić information content (AvgIpc) is 2.72. The van der Waals surface area contributed by atoms with Gasteiger partial charge in [-0.15, -0.1) is 0 Å². The maximum atomic E-state index is 13.1. The molecular formula is C22H24N2O3. The molecule has 27 heavy (non-hydrogen) atoms. The van der Waals surface area contributed by atoms with Crippen molar-refractivity contribution in [1.29, 1.82) is 0 Å². The Kier molecular flexibility index (Phi) is 5.60. The Hall–Kier alpha value is -3.08. The van der Waals surface area contributed by atoms with Gasteiger partial charge in [0.05, 0.1) is 6.04 Å². The third-order valence-corrected chi connectivity index (χ3v) is 5.03. The van der Waals surface area contributed by atoms with Gasteiger partial charge in [-0.3, -0.25) is 9.59 Å². The van der Waals surface area contributed by atoms with Gasteiger partial charge in [-0.05, 0) is 67.3 Å². The minimum absolute atomic E-state index is 0.0349. The van der Waals surface area contributed by atoms with E-state index in [0.29, 0.717) is 17.8 Å². The van der Waals surface area contributed by atoms with Crippen molar-refractivity contribution in [1.82, 2.24) is 4.90 Å². The molecule has 140 valence electrons. The first kappa shape index (κ1) is 18.7. The second kappa shape index (κ2) is 8.08. The Balaban J connectivity index is 1.82. The number of carbonyl (C=O) groups is 2. The van der Waals surface area contributed by atoms with E-state index in [1.54, 1.807) is 43.4 Å². The molecule has 0 bridgehead atoms. The van der Waals surface area contributed by atoms with Crippen LogP contribution in [-0.4, -0.2) is 35.4 Å². The average molecular weight is 364 g/mol. The second-order valence-corrected chi connectivity index (χ2v) is 6.75. The van der Waals surface area contributed by atoms with Crippen LogP contribution in [0.3, 0.4) is 0 Å². The van der Waals surface area contributed by atoms with Gasteiger partial charge in [-0.2, -0.15) is 0 Å². The highest BCUT2D eigenvalue weighted by atomic mass is 16.3. The number of piperidine rings is 1. The van der Waals surface area contributed by atoms with Gasteiger partial charge >= 0.3 is 0 Å². The number of rotatable bonds is 4. The number of aromatic hydroxyl groups is 1. The molecule has 0 spiro atoms. The molecule has 1 aliphatic rings. The summed E-state index contributed by atoms with van der Waals surface area (Å²) in [4.78, 5) is 28.2. The molecule has 1 atom stereocenters. The van der Waals surface area contributed by atoms with E-state index in [1.807, 2.05) is 17.0 Å². The standard InChI is InChI=1S/C22H24N2O3/c1-3-21(26)23(2)18-12-10-16(11-13-18)22(27)24-14-5-4-9-20(24)17-7-6-8-19(25)15-17/h3,6-8,10-13,15,20,25H,1,4-5,9,14H2,2H3. The molecule has 1 fully saturated rings. The zero-order chi connectivity index (χ0) is 19.4. The Morgan fingerprint density at radius 3 is 2.59 bits per heavy atom. The minimum atomic E-state index is -0.200. The molecular weight excluding hydrogens is 340 g/mol. The lowest BCUT2D eigenvalue weighted by Crippen LogP contribution is -2.38. The van der Waals surface area contributed by atoms with Crippen LogP contribution in [0.1, 0.15) is 41.2 Å². The SMILES string of the molecule is C=CC(=O)N(C)c1ccc(C(=O)N2CCCCC2c2cccc(O)c2)cc1. The Morgan fingerprint density at radius 2 is 1.93 bits per heavy atom. The lowest BCUT2D eigenvalue weighted by Gasteiger charge is -2.36. The predicted molar refractivity (Wildman–Crippen MR) is 106 cm³/mol. The number of carbonyl (C=O) groups excluding carboxylic acids is 2. The van der Waals surface area contributed by atoms with E-state index in [9.17, 15) is 14.7 Å². The highest BCUT2D eigenvalue weighted by Crippen LogP contribution is 2.33. The normalized spacial score (nSPS) is 16.6. The van der Waals surface area contributed by atoms with Crippen LogP contribution in [0, 0.1) is 0 Å². The summed E-state index contributed by atoms with van der Waals surface area (Å²) in [6, 6.07) is 14.1. The maximum absolute atomic E-state index is 13.1. The third kappa shape index (κ3) is 4.03. The quantitative estimate of drug-likeness (QED) is 0.837. The fourth-order valence-electron chi connectivity index (χ4n) is 3.51. The molecule has 1 saturated heterocycles. The fourth-order valence-corrected chi connectivity index (χ4v) is 3.51. The molecule has 3 rings (SSSR count). The van der Waals surface area contributed by atoms with E-state index >= 15 is 0 Å². The van der Waals surface area contributed by atoms with Crippen LogP contribution in [0.25, 0.3) is 0 Å². The summed E-state index contributed by atoms with van der Waals surface area (Å²) in [7, 11) is 1.67. The van der Waals surface area contributed by atoms with Crippen molar-refractivity contribution in [2.24, 2.45) is 0 Å². The first-order valence-electron chi connectivity index (χ1n) is 9.11. The fraction of sp³-hybridized carbons (Fsp3) is 0.273. The van der Waals surface area contributed by atoms with Gasteiger partial charge in [0, 0.05) is 24.8 Å². The summed E-state index contributed by atoms with van der Waals surface area (Å²) >= 11 is 0. The number of phenols is 1. The van der Waals surface area contributed by atoms with Crippen molar-refractivity contribution in [3.8, 4) is 5.75 Å². The number of hydrogen-bond acceptors (Lipinski definition) is 3. The first-order chi connectivity index (χ1) is 13.0. The van der Waals surface area contributed by atoms with Gasteiger partial charge in [0.25, 0.3) is 5.91 Å². The summed E-state index contributed by atoms with van der Waals surface area (Å²) in [6.45, 7) is 4.18. The van der Waals surface area contributed by atoms with Crippen LogP contribution in [0.15, 0.2) is 61.2 Å². The molecule has 2 aromatic carbocycles. The van der Waals surface area contributed by atoms with Gasteiger partial charge in [0.1, 0.15) is 5.75 Å². The number of amides is 2. The second-order valence-electron chi connectivity index (χ2n) is 6.75. The van der Waals surface area contributed by atoms with E-state index in [2.05, 4.69) is 6.58 Å². The zero-order valence-electron chi connectivity index (χ0n) is 15.5. The summed E-state index contributed by atoms with van der Waals surface area (Å²) in [6.07, 6.45) is 4.16. The molecule has 2 amide bonds. The molecule has 0 aliphatic carbocycles. The van der Waals surface area contributed by atoms with Crippen molar-refractivity contribution in [3.63, 3.8) is 0 Å². The van der Waals surface area contributed by atoms with Gasteiger partial charge in [-0.25, -0.2) is 0 Å².